The van der Waals surface area contributed by atoms with Crippen LogP contribution in [-0.2, 0) is 6.42 Å². The molecule has 2 N–H and O–H groups in total. The summed E-state index contributed by atoms with van der Waals surface area (Å²) in [6, 6.07) is 6.33. The number of aromatic nitrogens is 2. The van der Waals surface area contributed by atoms with Crippen LogP contribution >= 0.6 is 0 Å². The van der Waals surface area contributed by atoms with Crippen molar-refractivity contribution in [3.63, 3.8) is 0 Å². The largest absolute Gasteiger partial charge is 0.396 e. The van der Waals surface area contributed by atoms with Crippen molar-refractivity contribution >= 4 is 0 Å². The van der Waals surface area contributed by atoms with Crippen molar-refractivity contribution in [3.8, 4) is 11.4 Å². The predicted octanol–water partition coefficient (Wildman–Crippen LogP) is 2.54. The van der Waals surface area contributed by atoms with Crippen LogP contribution in [0.3, 0.4) is 0 Å². The Morgan fingerprint density at radius 3 is 2.65 bits per heavy atom. The summed E-state index contributed by atoms with van der Waals surface area (Å²) in [4.78, 5) is 7.83. The lowest BCUT2D eigenvalue weighted by Crippen LogP contribution is -1.93. The van der Waals surface area contributed by atoms with Crippen LogP contribution in [0.15, 0.2) is 18.2 Å². The molecule has 17 heavy (non-hydrogen) atoms. The molecule has 2 rings (SSSR count). The van der Waals surface area contributed by atoms with E-state index in [1.54, 1.807) is 0 Å². The van der Waals surface area contributed by atoms with E-state index in [-0.39, 0.29) is 6.61 Å². The first-order valence-corrected chi connectivity index (χ1v) is 5.86. The smallest absolute Gasteiger partial charge is 0.138 e. The summed E-state index contributed by atoms with van der Waals surface area (Å²) < 4.78 is 0. The third-order valence-electron chi connectivity index (χ3n) is 2.97. The summed E-state index contributed by atoms with van der Waals surface area (Å²) >= 11 is 0. The van der Waals surface area contributed by atoms with E-state index in [1.165, 1.54) is 11.1 Å². The van der Waals surface area contributed by atoms with E-state index in [1.807, 2.05) is 6.92 Å². The highest BCUT2D eigenvalue weighted by Crippen LogP contribution is 2.22. The number of nitrogens with zero attached hydrogens (tertiary/aromatic N) is 1. The zero-order valence-electron chi connectivity index (χ0n) is 10.5. The zero-order valence-corrected chi connectivity index (χ0v) is 10.5. The maximum atomic E-state index is 8.96. The van der Waals surface area contributed by atoms with E-state index in [4.69, 9.17) is 5.11 Å². The van der Waals surface area contributed by atoms with Crippen LogP contribution in [0.2, 0.25) is 0 Å². The van der Waals surface area contributed by atoms with Gasteiger partial charge in [-0.3, -0.25) is 0 Å². The van der Waals surface area contributed by atoms with Crippen LogP contribution in [0.4, 0.5) is 0 Å². The van der Waals surface area contributed by atoms with Gasteiger partial charge in [-0.25, -0.2) is 4.98 Å². The molecule has 0 spiro atoms. The number of hydrogen-bond acceptors (Lipinski definition) is 2. The Balaban J connectivity index is 2.42. The van der Waals surface area contributed by atoms with Gasteiger partial charge in [0.1, 0.15) is 5.82 Å². The second-order valence-electron chi connectivity index (χ2n) is 4.45. The first kappa shape index (κ1) is 11.9. The van der Waals surface area contributed by atoms with E-state index >= 15 is 0 Å². The molecule has 1 aromatic heterocycles. The number of aliphatic hydroxyl groups excluding tert-OH is 1. The molecular weight excluding hydrogens is 212 g/mol. The molecule has 0 amide bonds. The molecule has 0 aliphatic heterocycles. The fraction of sp³-hybridized carbons (Fsp3) is 0.357. The van der Waals surface area contributed by atoms with E-state index in [9.17, 15) is 0 Å². The summed E-state index contributed by atoms with van der Waals surface area (Å²) in [7, 11) is 0. The number of nitrogens with one attached hydrogen (secondary N) is 1. The standard InChI is InChI=1S/C14H18N2O/c1-9-4-5-12(10(2)8-9)14-15-11(3)13(16-14)6-7-17/h4-5,8,17H,6-7H2,1-3H3,(H,15,16). The normalized spacial score (nSPS) is 10.8. The maximum absolute atomic E-state index is 8.96. The lowest BCUT2D eigenvalue weighted by molar-refractivity contribution is 0.298. The minimum absolute atomic E-state index is 0.137. The van der Waals surface area contributed by atoms with E-state index in [0.717, 1.165) is 22.8 Å². The van der Waals surface area contributed by atoms with Gasteiger partial charge < -0.3 is 10.1 Å². The monoisotopic (exact) mass is 230 g/mol. The molecule has 0 saturated carbocycles. The topological polar surface area (TPSA) is 48.9 Å². The van der Waals surface area contributed by atoms with Crippen molar-refractivity contribution in [1.82, 2.24) is 9.97 Å². The summed E-state index contributed by atoms with van der Waals surface area (Å²) in [5.41, 5.74) is 5.58. The fourth-order valence-electron chi connectivity index (χ4n) is 2.05. The minimum Gasteiger partial charge on any atom is -0.396 e. The molecule has 3 nitrogen and oxygen atoms in total. The van der Waals surface area contributed by atoms with Crippen LogP contribution in [0.1, 0.15) is 22.5 Å². The molecule has 1 aromatic carbocycles. The lowest BCUT2D eigenvalue weighted by atomic mass is 10.1. The summed E-state index contributed by atoms with van der Waals surface area (Å²) in [6.07, 6.45) is 0.604. The van der Waals surface area contributed by atoms with Crippen LogP contribution < -0.4 is 0 Å². The van der Waals surface area contributed by atoms with Crippen molar-refractivity contribution < 1.29 is 5.11 Å². The lowest BCUT2D eigenvalue weighted by Gasteiger charge is -2.03. The van der Waals surface area contributed by atoms with Crippen molar-refractivity contribution in [1.29, 1.82) is 0 Å². The molecule has 2 aromatic rings. The Labute approximate surface area is 102 Å². The molecular formula is C14H18N2O. The number of aliphatic hydroxyl groups is 1. The van der Waals surface area contributed by atoms with Gasteiger partial charge in [0.05, 0.1) is 5.69 Å². The first-order chi connectivity index (χ1) is 8.11. The third kappa shape index (κ3) is 2.39. The Hall–Kier alpha value is -1.61. The highest BCUT2D eigenvalue weighted by molar-refractivity contribution is 5.61. The van der Waals surface area contributed by atoms with Gasteiger partial charge >= 0.3 is 0 Å². The number of imidazole rings is 1. The number of aromatic amines is 1. The SMILES string of the molecule is Cc1ccc(-c2nc(CCO)c(C)[nH]2)c(C)c1. The second-order valence-corrected chi connectivity index (χ2v) is 4.45. The number of hydrogen-bond donors (Lipinski definition) is 2. The van der Waals surface area contributed by atoms with Crippen LogP contribution in [0, 0.1) is 20.8 Å². The predicted molar refractivity (Wildman–Crippen MR) is 69.0 cm³/mol. The summed E-state index contributed by atoms with van der Waals surface area (Å²) in [5, 5.41) is 8.96. The number of rotatable bonds is 3. The van der Waals surface area contributed by atoms with Crippen molar-refractivity contribution in [2.45, 2.75) is 27.2 Å². The molecule has 0 bridgehead atoms. The highest BCUT2D eigenvalue weighted by atomic mass is 16.3. The van der Waals surface area contributed by atoms with Gasteiger partial charge in [0, 0.05) is 24.3 Å². The van der Waals surface area contributed by atoms with Crippen molar-refractivity contribution in [2.75, 3.05) is 6.61 Å². The van der Waals surface area contributed by atoms with Gasteiger partial charge in [0.25, 0.3) is 0 Å². The Bertz CT molecular complexity index is 529. The first-order valence-electron chi connectivity index (χ1n) is 5.86. The fourth-order valence-corrected chi connectivity index (χ4v) is 2.05. The number of H-pyrrole nitrogens is 1. The average Bonchev–Trinajstić information content (AvgIpc) is 2.60. The molecule has 1 heterocycles. The molecule has 90 valence electrons. The van der Waals surface area contributed by atoms with Crippen LogP contribution in [-0.4, -0.2) is 21.7 Å². The average molecular weight is 230 g/mol. The molecule has 0 unspecified atom stereocenters. The Morgan fingerprint density at radius 2 is 2.00 bits per heavy atom. The second kappa shape index (κ2) is 4.72. The molecule has 3 heteroatoms. The van der Waals surface area contributed by atoms with Crippen LogP contribution in [0.5, 0.6) is 0 Å². The van der Waals surface area contributed by atoms with Crippen molar-refractivity contribution in [2.24, 2.45) is 0 Å². The Morgan fingerprint density at radius 1 is 1.24 bits per heavy atom. The molecule has 0 fully saturated rings. The van der Waals surface area contributed by atoms with Gasteiger partial charge in [-0.15, -0.1) is 0 Å². The van der Waals surface area contributed by atoms with Gasteiger partial charge in [0.2, 0.25) is 0 Å². The summed E-state index contributed by atoms with van der Waals surface area (Å²) in [5.74, 6) is 0.892. The van der Waals surface area contributed by atoms with Gasteiger partial charge in [-0.2, -0.15) is 0 Å². The highest BCUT2D eigenvalue weighted by Gasteiger charge is 2.09. The maximum Gasteiger partial charge on any atom is 0.138 e. The quantitative estimate of drug-likeness (QED) is 0.851. The molecule has 0 saturated heterocycles. The van der Waals surface area contributed by atoms with Crippen molar-refractivity contribution in [3.05, 3.63) is 40.7 Å². The van der Waals surface area contributed by atoms with Gasteiger partial charge in [0.15, 0.2) is 0 Å². The van der Waals surface area contributed by atoms with Crippen LogP contribution in [0.25, 0.3) is 11.4 Å². The number of aryl methyl sites for hydroxylation is 3. The zero-order chi connectivity index (χ0) is 12.4. The molecule has 0 atom stereocenters. The molecule has 0 aliphatic rings. The molecule has 0 radical (unpaired) electrons. The van der Waals surface area contributed by atoms with E-state index < -0.39 is 0 Å². The minimum atomic E-state index is 0.137. The number of benzene rings is 1. The van der Waals surface area contributed by atoms with E-state index in [2.05, 4.69) is 42.0 Å². The van der Waals surface area contributed by atoms with E-state index in [0.29, 0.717) is 6.42 Å². The third-order valence-corrected chi connectivity index (χ3v) is 2.97. The Kier molecular flexibility index (Phi) is 3.29. The van der Waals surface area contributed by atoms with Gasteiger partial charge in [-0.05, 0) is 26.3 Å². The van der Waals surface area contributed by atoms with Gasteiger partial charge in [-0.1, -0.05) is 23.8 Å². The summed E-state index contributed by atoms with van der Waals surface area (Å²) in [6.45, 7) is 6.30. The molecule has 0 aliphatic carbocycles.